The van der Waals surface area contributed by atoms with E-state index >= 15 is 0 Å². The van der Waals surface area contributed by atoms with Crippen LogP contribution in [0.2, 0.25) is 0 Å². The minimum atomic E-state index is -3.71. The fourth-order valence-electron chi connectivity index (χ4n) is 1.93. The lowest BCUT2D eigenvalue weighted by atomic mass is 10.2. The van der Waals surface area contributed by atoms with Gasteiger partial charge in [-0.15, -0.1) is 0 Å². The van der Waals surface area contributed by atoms with Gasteiger partial charge in [-0.25, -0.2) is 13.1 Å². The van der Waals surface area contributed by atoms with Crippen molar-refractivity contribution in [2.75, 3.05) is 0 Å². The van der Waals surface area contributed by atoms with Gasteiger partial charge in [-0.2, -0.15) is 0 Å². The van der Waals surface area contributed by atoms with Gasteiger partial charge in [0.2, 0.25) is 10.0 Å². The molecule has 0 aliphatic rings. The number of hydrogen-bond acceptors (Lipinski definition) is 5. The summed E-state index contributed by atoms with van der Waals surface area (Å²) in [7, 11) is -3.71. The van der Waals surface area contributed by atoms with E-state index in [9.17, 15) is 13.2 Å². The number of carbonyl (C=O) groups is 1. The van der Waals surface area contributed by atoms with E-state index in [1.165, 1.54) is 30.5 Å². The molecule has 0 fully saturated rings. The van der Waals surface area contributed by atoms with E-state index in [1.54, 1.807) is 12.1 Å². The molecule has 0 aliphatic carbocycles. The van der Waals surface area contributed by atoms with Crippen molar-refractivity contribution in [3.05, 3.63) is 54.0 Å². The normalized spacial score (nSPS) is 11.2. The molecule has 0 saturated carbocycles. The van der Waals surface area contributed by atoms with E-state index < -0.39 is 15.9 Å². The number of nitrogens with one attached hydrogen (secondary N) is 4. The number of furan rings is 1. The summed E-state index contributed by atoms with van der Waals surface area (Å²) in [6, 6.07) is 9.00. The van der Waals surface area contributed by atoms with Crippen LogP contribution in [0.5, 0.6) is 0 Å². The predicted octanol–water partition coefficient (Wildman–Crippen LogP) is 1.28. The maximum Gasteiger partial charge on any atom is 0.269 e. The number of sulfonamides is 1. The van der Waals surface area contributed by atoms with Crippen LogP contribution < -0.4 is 20.9 Å². The number of thiocarbonyl (C=S) groups is 1. The van der Waals surface area contributed by atoms with Gasteiger partial charge >= 0.3 is 0 Å². The summed E-state index contributed by atoms with van der Waals surface area (Å²) in [4.78, 5) is 12.1. The molecule has 1 aromatic carbocycles. The van der Waals surface area contributed by atoms with Crippen LogP contribution in [-0.2, 0) is 16.6 Å². The summed E-state index contributed by atoms with van der Waals surface area (Å²) in [5.41, 5.74) is 5.30. The zero-order chi connectivity index (χ0) is 19.2. The summed E-state index contributed by atoms with van der Waals surface area (Å²) in [5.74, 6) is 0.0621. The van der Waals surface area contributed by atoms with Gasteiger partial charge < -0.3 is 9.73 Å². The average Bonchev–Trinajstić information content (AvgIpc) is 3.11. The fraction of sp³-hybridized carbons (Fsp3) is 0.250. The Hall–Kier alpha value is -2.43. The standard InChI is InChI=1S/C16H20N4O4S2/c1-11(2)18-16(25)20-19-15(21)12-5-7-14(8-6-12)26(22,23)17-10-13-4-3-9-24-13/h3-9,11,17H,10H2,1-2H3,(H,19,21)(H2,18,20,25). The summed E-state index contributed by atoms with van der Waals surface area (Å²) in [6.45, 7) is 3.87. The number of rotatable bonds is 6. The Labute approximate surface area is 157 Å². The minimum Gasteiger partial charge on any atom is -0.468 e. The first kappa shape index (κ1) is 19.9. The van der Waals surface area contributed by atoms with Crippen LogP contribution in [0.25, 0.3) is 0 Å². The average molecular weight is 396 g/mol. The van der Waals surface area contributed by atoms with Crippen molar-refractivity contribution in [1.29, 1.82) is 0 Å². The smallest absolute Gasteiger partial charge is 0.269 e. The summed E-state index contributed by atoms with van der Waals surface area (Å²) < 4.78 is 32.0. The molecule has 0 bridgehead atoms. The number of benzene rings is 1. The highest BCUT2D eigenvalue weighted by Crippen LogP contribution is 2.11. The molecule has 1 heterocycles. The first-order chi connectivity index (χ1) is 12.3. The zero-order valence-electron chi connectivity index (χ0n) is 14.3. The molecular weight excluding hydrogens is 376 g/mol. The largest absolute Gasteiger partial charge is 0.468 e. The van der Waals surface area contributed by atoms with Gasteiger partial charge in [-0.3, -0.25) is 15.6 Å². The van der Waals surface area contributed by atoms with E-state index in [2.05, 4.69) is 20.9 Å². The lowest BCUT2D eigenvalue weighted by molar-refractivity contribution is 0.0943. The molecule has 4 N–H and O–H groups in total. The second-order valence-electron chi connectivity index (χ2n) is 5.64. The van der Waals surface area contributed by atoms with Gasteiger partial charge in [0.05, 0.1) is 17.7 Å². The Kier molecular flexibility index (Phi) is 6.72. The second kappa shape index (κ2) is 8.79. The van der Waals surface area contributed by atoms with E-state index in [-0.39, 0.29) is 28.2 Å². The van der Waals surface area contributed by atoms with Crippen LogP contribution in [0.1, 0.15) is 30.0 Å². The Balaban J connectivity index is 1.94. The Morgan fingerprint density at radius 2 is 1.85 bits per heavy atom. The Morgan fingerprint density at radius 3 is 2.42 bits per heavy atom. The highest BCUT2D eigenvalue weighted by atomic mass is 32.2. The third-order valence-electron chi connectivity index (χ3n) is 3.15. The molecular formula is C16H20N4O4S2. The molecule has 2 aromatic rings. The third kappa shape index (κ3) is 5.83. The van der Waals surface area contributed by atoms with Crippen molar-refractivity contribution in [3.8, 4) is 0 Å². The zero-order valence-corrected chi connectivity index (χ0v) is 15.9. The van der Waals surface area contributed by atoms with E-state index in [0.29, 0.717) is 5.76 Å². The highest BCUT2D eigenvalue weighted by Gasteiger charge is 2.15. The molecule has 10 heteroatoms. The Morgan fingerprint density at radius 1 is 1.15 bits per heavy atom. The van der Waals surface area contributed by atoms with Gasteiger partial charge in [-0.1, -0.05) is 0 Å². The maximum atomic E-state index is 12.2. The fourth-order valence-corrected chi connectivity index (χ4v) is 3.21. The quantitative estimate of drug-likeness (QED) is 0.430. The van der Waals surface area contributed by atoms with E-state index in [1.807, 2.05) is 13.8 Å². The summed E-state index contributed by atoms with van der Waals surface area (Å²) >= 11 is 5.00. The maximum absolute atomic E-state index is 12.2. The number of amides is 1. The number of hydrogen-bond donors (Lipinski definition) is 4. The van der Waals surface area contributed by atoms with Crippen molar-refractivity contribution in [2.24, 2.45) is 0 Å². The van der Waals surface area contributed by atoms with Crippen LogP contribution in [0.3, 0.4) is 0 Å². The minimum absolute atomic E-state index is 0.0434. The lowest BCUT2D eigenvalue weighted by Crippen LogP contribution is -2.48. The Bertz CT molecular complexity index is 847. The molecule has 0 unspecified atom stereocenters. The molecule has 2 rings (SSSR count). The van der Waals surface area contributed by atoms with E-state index in [4.69, 9.17) is 16.6 Å². The molecule has 0 aliphatic heterocycles. The lowest BCUT2D eigenvalue weighted by Gasteiger charge is -2.13. The topological polar surface area (TPSA) is 112 Å². The monoisotopic (exact) mass is 396 g/mol. The highest BCUT2D eigenvalue weighted by molar-refractivity contribution is 7.89. The number of carbonyl (C=O) groups excluding carboxylic acids is 1. The van der Waals surface area contributed by atoms with Crippen molar-refractivity contribution in [2.45, 2.75) is 31.3 Å². The summed E-state index contributed by atoms with van der Waals surface area (Å²) in [6.07, 6.45) is 1.47. The molecule has 0 saturated heterocycles. The van der Waals surface area contributed by atoms with Crippen molar-refractivity contribution in [3.63, 3.8) is 0 Å². The van der Waals surface area contributed by atoms with Crippen LogP contribution in [0.15, 0.2) is 52.0 Å². The van der Waals surface area contributed by atoms with Gasteiger partial charge in [0.15, 0.2) is 5.11 Å². The van der Waals surface area contributed by atoms with E-state index in [0.717, 1.165) is 0 Å². The van der Waals surface area contributed by atoms with Gasteiger partial charge in [0.1, 0.15) is 5.76 Å². The summed E-state index contributed by atoms with van der Waals surface area (Å²) in [5, 5.41) is 3.20. The third-order valence-corrected chi connectivity index (χ3v) is 4.79. The molecule has 8 nitrogen and oxygen atoms in total. The first-order valence-electron chi connectivity index (χ1n) is 7.77. The molecule has 1 amide bonds. The molecule has 0 atom stereocenters. The molecule has 0 radical (unpaired) electrons. The van der Waals surface area contributed by atoms with Crippen molar-refractivity contribution >= 4 is 33.3 Å². The molecule has 26 heavy (non-hydrogen) atoms. The molecule has 140 valence electrons. The van der Waals surface area contributed by atoms with Crippen molar-refractivity contribution < 1.29 is 17.6 Å². The van der Waals surface area contributed by atoms with Gasteiger partial charge in [0, 0.05) is 11.6 Å². The van der Waals surface area contributed by atoms with Crippen LogP contribution in [0.4, 0.5) is 0 Å². The molecule has 1 aromatic heterocycles. The van der Waals surface area contributed by atoms with Gasteiger partial charge in [0.25, 0.3) is 5.91 Å². The molecule has 0 spiro atoms. The van der Waals surface area contributed by atoms with Crippen LogP contribution >= 0.6 is 12.2 Å². The van der Waals surface area contributed by atoms with Crippen molar-refractivity contribution in [1.82, 2.24) is 20.9 Å². The number of hydrazine groups is 1. The van der Waals surface area contributed by atoms with Crippen LogP contribution in [0, 0.1) is 0 Å². The van der Waals surface area contributed by atoms with Gasteiger partial charge in [-0.05, 0) is 62.5 Å². The SMILES string of the molecule is CC(C)NC(=S)NNC(=O)c1ccc(S(=O)(=O)NCc2ccco2)cc1. The second-order valence-corrected chi connectivity index (χ2v) is 7.81. The predicted molar refractivity (Wildman–Crippen MR) is 101 cm³/mol. The van der Waals surface area contributed by atoms with Crippen LogP contribution in [-0.4, -0.2) is 25.5 Å². The first-order valence-corrected chi connectivity index (χ1v) is 9.66.